The number of benzene rings is 2. The number of ether oxygens (including phenoxy) is 1. The van der Waals surface area contributed by atoms with Crippen molar-refractivity contribution >= 4 is 34.8 Å². The summed E-state index contributed by atoms with van der Waals surface area (Å²) in [5.41, 5.74) is 0.605. The molecule has 2 aromatic carbocycles. The zero-order chi connectivity index (χ0) is 13.1. The molecule has 0 amide bonds. The van der Waals surface area contributed by atoms with Crippen molar-refractivity contribution < 1.29 is 9.84 Å². The zero-order valence-corrected chi connectivity index (χ0v) is 11.4. The minimum absolute atomic E-state index is 0.156. The van der Waals surface area contributed by atoms with Gasteiger partial charge in [-0.25, -0.2) is 0 Å². The molecule has 0 aliphatic rings. The molecule has 0 unspecified atom stereocenters. The molecule has 0 bridgehead atoms. The normalized spacial score (nSPS) is 10.4. The Morgan fingerprint density at radius 3 is 2.39 bits per heavy atom. The maximum Gasteiger partial charge on any atom is 0.151 e. The van der Waals surface area contributed by atoms with E-state index in [9.17, 15) is 5.11 Å². The average Bonchev–Trinajstić information content (AvgIpc) is 2.36. The third-order valence-electron chi connectivity index (χ3n) is 2.33. The molecular weight excluding hydrogens is 294 g/mol. The van der Waals surface area contributed by atoms with E-state index in [-0.39, 0.29) is 6.61 Å². The second-order valence-electron chi connectivity index (χ2n) is 3.56. The van der Waals surface area contributed by atoms with Crippen LogP contribution in [0.5, 0.6) is 11.5 Å². The smallest absolute Gasteiger partial charge is 0.151 e. The standard InChI is InChI=1S/C13H9Cl3O2/c14-10-5-4-9(6-12(10)16)18-13-8(7-17)2-1-3-11(13)15/h1-6,17H,7H2. The van der Waals surface area contributed by atoms with Gasteiger partial charge in [0.05, 0.1) is 21.7 Å². The minimum atomic E-state index is -0.156. The van der Waals surface area contributed by atoms with Gasteiger partial charge in [-0.3, -0.25) is 0 Å². The lowest BCUT2D eigenvalue weighted by Crippen LogP contribution is -1.92. The first-order valence-electron chi connectivity index (χ1n) is 5.13. The fourth-order valence-electron chi connectivity index (χ4n) is 1.45. The number of aliphatic hydroxyl groups is 1. The lowest BCUT2D eigenvalue weighted by Gasteiger charge is -2.11. The molecule has 0 saturated heterocycles. The summed E-state index contributed by atoms with van der Waals surface area (Å²) in [5.74, 6) is 0.923. The van der Waals surface area contributed by atoms with Crippen molar-refractivity contribution in [2.45, 2.75) is 6.61 Å². The third-order valence-corrected chi connectivity index (χ3v) is 3.37. The Labute approximate surface area is 120 Å². The van der Waals surface area contributed by atoms with Crippen LogP contribution in [0.1, 0.15) is 5.56 Å². The molecule has 0 radical (unpaired) electrons. The second-order valence-corrected chi connectivity index (χ2v) is 4.79. The summed E-state index contributed by atoms with van der Waals surface area (Å²) in [6, 6.07) is 10.1. The van der Waals surface area contributed by atoms with Gasteiger partial charge in [0.15, 0.2) is 5.75 Å². The molecule has 0 saturated carbocycles. The monoisotopic (exact) mass is 302 g/mol. The molecule has 18 heavy (non-hydrogen) atoms. The predicted octanol–water partition coefficient (Wildman–Crippen LogP) is 4.93. The Morgan fingerprint density at radius 2 is 1.72 bits per heavy atom. The van der Waals surface area contributed by atoms with Gasteiger partial charge in [0, 0.05) is 11.6 Å². The van der Waals surface area contributed by atoms with Crippen LogP contribution in [0.3, 0.4) is 0 Å². The molecule has 5 heteroatoms. The molecule has 94 valence electrons. The van der Waals surface area contributed by atoms with E-state index >= 15 is 0 Å². The van der Waals surface area contributed by atoms with Crippen LogP contribution in [0.2, 0.25) is 15.1 Å². The summed E-state index contributed by atoms with van der Waals surface area (Å²) in [5, 5.41) is 10.5. The van der Waals surface area contributed by atoms with Crippen molar-refractivity contribution in [2.75, 3.05) is 0 Å². The lowest BCUT2D eigenvalue weighted by molar-refractivity contribution is 0.276. The van der Waals surface area contributed by atoms with Gasteiger partial charge in [-0.1, -0.05) is 46.9 Å². The number of aliphatic hydroxyl groups excluding tert-OH is 1. The van der Waals surface area contributed by atoms with Gasteiger partial charge in [0.1, 0.15) is 5.75 Å². The van der Waals surface area contributed by atoms with Gasteiger partial charge in [-0.2, -0.15) is 0 Å². The van der Waals surface area contributed by atoms with Crippen molar-refractivity contribution in [3.63, 3.8) is 0 Å². The minimum Gasteiger partial charge on any atom is -0.455 e. The van der Waals surface area contributed by atoms with Crippen LogP contribution in [0, 0.1) is 0 Å². The van der Waals surface area contributed by atoms with Crippen LogP contribution in [-0.2, 0) is 6.61 Å². The van der Waals surface area contributed by atoms with E-state index in [1.165, 1.54) is 0 Å². The van der Waals surface area contributed by atoms with Crippen molar-refractivity contribution in [3.8, 4) is 11.5 Å². The molecule has 1 N–H and O–H groups in total. The average molecular weight is 304 g/mol. The van der Waals surface area contributed by atoms with Crippen LogP contribution in [0.4, 0.5) is 0 Å². The summed E-state index contributed by atoms with van der Waals surface area (Å²) >= 11 is 17.8. The van der Waals surface area contributed by atoms with E-state index in [1.54, 1.807) is 36.4 Å². The maximum atomic E-state index is 9.23. The van der Waals surface area contributed by atoms with E-state index < -0.39 is 0 Å². The topological polar surface area (TPSA) is 29.5 Å². The zero-order valence-electron chi connectivity index (χ0n) is 9.16. The van der Waals surface area contributed by atoms with E-state index in [4.69, 9.17) is 39.5 Å². The fourth-order valence-corrected chi connectivity index (χ4v) is 1.97. The van der Waals surface area contributed by atoms with Crippen molar-refractivity contribution in [3.05, 3.63) is 57.0 Å². The summed E-state index contributed by atoms with van der Waals surface area (Å²) < 4.78 is 5.63. The Balaban J connectivity index is 2.36. The molecule has 2 rings (SSSR count). The molecule has 0 aliphatic carbocycles. The summed E-state index contributed by atoms with van der Waals surface area (Å²) in [7, 11) is 0. The highest BCUT2D eigenvalue weighted by Crippen LogP contribution is 2.35. The Hall–Kier alpha value is -0.930. The van der Waals surface area contributed by atoms with E-state index in [0.717, 1.165) is 0 Å². The molecule has 2 nitrogen and oxygen atoms in total. The molecule has 0 atom stereocenters. The van der Waals surface area contributed by atoms with Crippen LogP contribution in [-0.4, -0.2) is 5.11 Å². The SMILES string of the molecule is OCc1cccc(Cl)c1Oc1ccc(Cl)c(Cl)c1. The fraction of sp³-hybridized carbons (Fsp3) is 0.0769. The first-order chi connectivity index (χ1) is 8.61. The first kappa shape index (κ1) is 13.5. The highest BCUT2D eigenvalue weighted by atomic mass is 35.5. The number of hydrogen-bond donors (Lipinski definition) is 1. The lowest BCUT2D eigenvalue weighted by atomic mass is 10.2. The third kappa shape index (κ3) is 2.90. The molecule has 0 heterocycles. The molecule has 0 spiro atoms. The molecule has 0 aliphatic heterocycles. The van der Waals surface area contributed by atoms with E-state index in [1.807, 2.05) is 0 Å². The Bertz CT molecular complexity index is 570. The number of rotatable bonds is 3. The van der Waals surface area contributed by atoms with E-state index in [0.29, 0.717) is 32.1 Å². The van der Waals surface area contributed by atoms with Crippen LogP contribution in [0.25, 0.3) is 0 Å². The number of halogens is 3. The van der Waals surface area contributed by atoms with Gasteiger partial charge in [-0.05, 0) is 18.2 Å². The number of hydrogen-bond acceptors (Lipinski definition) is 2. The quantitative estimate of drug-likeness (QED) is 0.871. The predicted molar refractivity (Wildman–Crippen MR) is 73.9 cm³/mol. The van der Waals surface area contributed by atoms with Crippen molar-refractivity contribution in [2.24, 2.45) is 0 Å². The second kappa shape index (κ2) is 5.81. The Kier molecular flexibility index (Phi) is 4.36. The first-order valence-corrected chi connectivity index (χ1v) is 6.26. The molecule has 0 aromatic heterocycles. The molecular formula is C13H9Cl3O2. The maximum absolute atomic E-state index is 9.23. The summed E-state index contributed by atoms with van der Waals surface area (Å²) in [6.07, 6.45) is 0. The molecule has 0 fully saturated rings. The van der Waals surface area contributed by atoms with Crippen LogP contribution in [0.15, 0.2) is 36.4 Å². The van der Waals surface area contributed by atoms with Crippen molar-refractivity contribution in [1.29, 1.82) is 0 Å². The van der Waals surface area contributed by atoms with Crippen LogP contribution >= 0.6 is 34.8 Å². The van der Waals surface area contributed by atoms with Crippen molar-refractivity contribution in [1.82, 2.24) is 0 Å². The van der Waals surface area contributed by atoms with Gasteiger partial charge in [-0.15, -0.1) is 0 Å². The summed E-state index contributed by atoms with van der Waals surface area (Å²) in [4.78, 5) is 0. The highest BCUT2D eigenvalue weighted by molar-refractivity contribution is 6.42. The highest BCUT2D eigenvalue weighted by Gasteiger charge is 2.09. The number of para-hydroxylation sites is 1. The van der Waals surface area contributed by atoms with Gasteiger partial charge >= 0.3 is 0 Å². The largest absolute Gasteiger partial charge is 0.455 e. The molecule has 2 aromatic rings. The Morgan fingerprint density at radius 1 is 0.944 bits per heavy atom. The summed E-state index contributed by atoms with van der Waals surface area (Å²) in [6.45, 7) is -0.156. The van der Waals surface area contributed by atoms with Crippen LogP contribution < -0.4 is 4.74 Å². The van der Waals surface area contributed by atoms with Gasteiger partial charge in [0.2, 0.25) is 0 Å². The van der Waals surface area contributed by atoms with Gasteiger partial charge < -0.3 is 9.84 Å². The van der Waals surface area contributed by atoms with Gasteiger partial charge in [0.25, 0.3) is 0 Å². The van der Waals surface area contributed by atoms with E-state index in [2.05, 4.69) is 0 Å².